The maximum atomic E-state index is 10.6. The van der Waals surface area contributed by atoms with Gasteiger partial charge in [-0.15, -0.1) is 11.3 Å². The average Bonchev–Trinajstić information content (AvgIpc) is 2.75. The number of nitrogens with one attached hydrogen (secondary N) is 1. The zero-order valence-electron chi connectivity index (χ0n) is 7.23. The Morgan fingerprint density at radius 2 is 2.50 bits per heavy atom. The molecular formula is C9H8N2O2S. The van der Waals surface area contributed by atoms with Crippen LogP contribution in [-0.2, 0) is 6.42 Å². The highest BCUT2D eigenvalue weighted by atomic mass is 32.1. The van der Waals surface area contributed by atoms with Crippen LogP contribution in [0.3, 0.4) is 0 Å². The van der Waals surface area contributed by atoms with E-state index in [-0.39, 0.29) is 5.69 Å². The van der Waals surface area contributed by atoms with E-state index < -0.39 is 5.97 Å². The van der Waals surface area contributed by atoms with E-state index in [0.717, 1.165) is 10.6 Å². The number of thiazole rings is 1. The normalized spacial score (nSPS) is 10.3. The van der Waals surface area contributed by atoms with Crippen LogP contribution < -0.4 is 0 Å². The number of aromatic amines is 1. The molecule has 0 radical (unpaired) electrons. The molecule has 72 valence electrons. The first-order valence-corrected chi connectivity index (χ1v) is 4.93. The van der Waals surface area contributed by atoms with Gasteiger partial charge < -0.3 is 10.1 Å². The van der Waals surface area contributed by atoms with E-state index in [0.29, 0.717) is 6.42 Å². The third kappa shape index (κ3) is 1.82. The monoisotopic (exact) mass is 208 g/mol. The van der Waals surface area contributed by atoms with Gasteiger partial charge in [0.15, 0.2) is 5.69 Å². The van der Waals surface area contributed by atoms with Crippen molar-refractivity contribution in [3.63, 3.8) is 0 Å². The van der Waals surface area contributed by atoms with Crippen molar-refractivity contribution in [2.24, 2.45) is 0 Å². The largest absolute Gasteiger partial charge is 0.476 e. The number of carboxylic acids is 1. The molecule has 0 aliphatic carbocycles. The number of H-pyrrole nitrogens is 1. The fraction of sp³-hybridized carbons (Fsp3) is 0.111. The summed E-state index contributed by atoms with van der Waals surface area (Å²) in [4.78, 5) is 17.5. The molecule has 0 unspecified atom stereocenters. The topological polar surface area (TPSA) is 66.0 Å². The van der Waals surface area contributed by atoms with E-state index in [2.05, 4.69) is 9.97 Å². The number of nitrogens with zero attached hydrogens (tertiary/aromatic N) is 1. The molecule has 0 saturated carbocycles. The van der Waals surface area contributed by atoms with Crippen molar-refractivity contribution in [1.82, 2.24) is 9.97 Å². The lowest BCUT2D eigenvalue weighted by atomic mass is 10.2. The number of carbonyl (C=O) groups is 1. The number of rotatable bonds is 3. The maximum Gasteiger partial charge on any atom is 0.355 e. The van der Waals surface area contributed by atoms with Crippen molar-refractivity contribution in [2.75, 3.05) is 0 Å². The Morgan fingerprint density at radius 1 is 1.64 bits per heavy atom. The molecule has 14 heavy (non-hydrogen) atoms. The predicted octanol–water partition coefficient (Wildman–Crippen LogP) is 1.76. The van der Waals surface area contributed by atoms with Crippen molar-refractivity contribution >= 4 is 17.3 Å². The molecular weight excluding hydrogens is 200 g/mol. The summed E-state index contributed by atoms with van der Waals surface area (Å²) in [5, 5.41) is 11.0. The smallest absolute Gasteiger partial charge is 0.355 e. The van der Waals surface area contributed by atoms with Crippen molar-refractivity contribution in [3.8, 4) is 0 Å². The van der Waals surface area contributed by atoms with Crippen LogP contribution >= 0.6 is 11.3 Å². The van der Waals surface area contributed by atoms with Gasteiger partial charge in [0, 0.05) is 24.2 Å². The van der Waals surface area contributed by atoms with Crippen molar-refractivity contribution in [1.29, 1.82) is 0 Å². The molecule has 2 aromatic heterocycles. The molecule has 2 heterocycles. The van der Waals surface area contributed by atoms with Crippen LogP contribution in [0.15, 0.2) is 23.8 Å². The molecule has 4 nitrogen and oxygen atoms in total. The molecule has 0 fully saturated rings. The number of hydrogen-bond donors (Lipinski definition) is 2. The Bertz CT molecular complexity index is 433. The number of aromatic nitrogens is 2. The average molecular weight is 208 g/mol. The Balaban J connectivity index is 2.14. The van der Waals surface area contributed by atoms with Crippen LogP contribution in [-0.4, -0.2) is 21.0 Å². The van der Waals surface area contributed by atoms with Gasteiger partial charge in [0.1, 0.15) is 0 Å². The molecule has 0 aliphatic rings. The van der Waals surface area contributed by atoms with Gasteiger partial charge in [0.05, 0.1) is 5.01 Å². The molecule has 2 N–H and O–H groups in total. The van der Waals surface area contributed by atoms with Gasteiger partial charge in [-0.3, -0.25) is 0 Å². The van der Waals surface area contributed by atoms with E-state index >= 15 is 0 Å². The van der Waals surface area contributed by atoms with Crippen LogP contribution in [0.25, 0.3) is 0 Å². The molecule has 0 spiro atoms. The molecule has 0 aliphatic heterocycles. The molecule has 0 aromatic carbocycles. The second-order valence-electron chi connectivity index (χ2n) is 2.83. The lowest BCUT2D eigenvalue weighted by molar-refractivity contribution is 0.0691. The van der Waals surface area contributed by atoms with Gasteiger partial charge >= 0.3 is 5.97 Å². The SMILES string of the molecule is O=C(O)c1csc(Cc2cc[nH]c2)n1. The van der Waals surface area contributed by atoms with E-state index in [1.807, 2.05) is 18.5 Å². The second kappa shape index (κ2) is 3.63. The second-order valence-corrected chi connectivity index (χ2v) is 3.77. The van der Waals surface area contributed by atoms with E-state index in [9.17, 15) is 4.79 Å². The summed E-state index contributed by atoms with van der Waals surface area (Å²) in [6, 6.07) is 1.95. The van der Waals surface area contributed by atoms with Gasteiger partial charge in [-0.1, -0.05) is 0 Å². The first-order chi connectivity index (χ1) is 6.75. The van der Waals surface area contributed by atoms with Crippen molar-refractivity contribution in [2.45, 2.75) is 6.42 Å². The third-order valence-electron chi connectivity index (χ3n) is 1.79. The van der Waals surface area contributed by atoms with E-state index in [1.165, 1.54) is 11.3 Å². The summed E-state index contributed by atoms with van der Waals surface area (Å²) in [5.74, 6) is -0.971. The molecule has 0 bridgehead atoms. The Labute approximate surface area is 84.2 Å². The zero-order chi connectivity index (χ0) is 9.97. The van der Waals surface area contributed by atoms with Gasteiger partial charge in [-0.05, 0) is 11.6 Å². The number of hydrogen-bond acceptors (Lipinski definition) is 3. The highest BCUT2D eigenvalue weighted by Gasteiger charge is 2.08. The van der Waals surface area contributed by atoms with E-state index in [4.69, 9.17) is 5.11 Å². The Kier molecular flexibility index (Phi) is 2.32. The van der Waals surface area contributed by atoms with Crippen LogP contribution in [0.1, 0.15) is 21.1 Å². The Morgan fingerprint density at radius 3 is 3.07 bits per heavy atom. The summed E-state index contributed by atoms with van der Waals surface area (Å²) in [5.41, 5.74) is 1.23. The maximum absolute atomic E-state index is 10.6. The lowest BCUT2D eigenvalue weighted by Crippen LogP contribution is -1.96. The van der Waals surface area contributed by atoms with Crippen LogP contribution in [0, 0.1) is 0 Å². The number of aromatic carboxylic acids is 1. The van der Waals surface area contributed by atoms with E-state index in [1.54, 1.807) is 5.38 Å². The fourth-order valence-corrected chi connectivity index (χ4v) is 1.94. The van der Waals surface area contributed by atoms with Crippen LogP contribution in [0.2, 0.25) is 0 Å². The van der Waals surface area contributed by atoms with Gasteiger partial charge in [-0.2, -0.15) is 0 Å². The molecule has 0 amide bonds. The van der Waals surface area contributed by atoms with Gasteiger partial charge in [-0.25, -0.2) is 9.78 Å². The molecule has 0 atom stereocenters. The van der Waals surface area contributed by atoms with Crippen molar-refractivity contribution in [3.05, 3.63) is 40.1 Å². The summed E-state index contributed by atoms with van der Waals surface area (Å²) in [6.07, 6.45) is 4.39. The minimum atomic E-state index is -0.971. The highest BCUT2D eigenvalue weighted by Crippen LogP contribution is 2.14. The summed E-state index contributed by atoms with van der Waals surface area (Å²) in [6.45, 7) is 0. The summed E-state index contributed by atoms with van der Waals surface area (Å²) >= 11 is 1.37. The van der Waals surface area contributed by atoms with Crippen molar-refractivity contribution < 1.29 is 9.90 Å². The third-order valence-corrected chi connectivity index (χ3v) is 2.64. The van der Waals surface area contributed by atoms with Crippen LogP contribution in [0.5, 0.6) is 0 Å². The molecule has 5 heteroatoms. The highest BCUT2D eigenvalue weighted by molar-refractivity contribution is 7.09. The Hall–Kier alpha value is -1.62. The van der Waals surface area contributed by atoms with Gasteiger partial charge in [0.25, 0.3) is 0 Å². The molecule has 2 rings (SSSR count). The fourth-order valence-electron chi connectivity index (χ4n) is 1.13. The molecule has 0 saturated heterocycles. The summed E-state index contributed by atoms with van der Waals surface area (Å²) in [7, 11) is 0. The first-order valence-electron chi connectivity index (χ1n) is 4.05. The number of carboxylic acid groups (broad SMARTS) is 1. The minimum Gasteiger partial charge on any atom is -0.476 e. The van der Waals surface area contributed by atoms with Crippen LogP contribution in [0.4, 0.5) is 0 Å². The standard InChI is InChI=1S/C9H8N2O2S/c12-9(13)7-5-14-8(11-7)3-6-1-2-10-4-6/h1-2,4-5,10H,3H2,(H,12,13). The first kappa shape index (κ1) is 8.96. The lowest BCUT2D eigenvalue weighted by Gasteiger charge is -1.90. The van der Waals surface area contributed by atoms with Gasteiger partial charge in [0.2, 0.25) is 0 Å². The predicted molar refractivity (Wildman–Crippen MR) is 52.7 cm³/mol. The summed E-state index contributed by atoms with van der Waals surface area (Å²) < 4.78 is 0. The zero-order valence-corrected chi connectivity index (χ0v) is 8.04. The minimum absolute atomic E-state index is 0.125. The quantitative estimate of drug-likeness (QED) is 0.807. The molecule has 2 aromatic rings.